The van der Waals surface area contributed by atoms with Gasteiger partial charge in [-0.25, -0.2) is 9.07 Å². The third-order valence-corrected chi connectivity index (χ3v) is 3.64. The standard InChI is InChI=1S/C15H17FN4O.ClH/c16-11-3-5-13(6-4-11)20-9-7-14(18-20)15(21)19-8-1-2-12(17)10-19;/h3-7,9,12H,1-2,8,10,17H2;1H. The largest absolute Gasteiger partial charge is 0.336 e. The molecule has 1 aliphatic rings. The number of amides is 1. The molecule has 2 aromatic rings. The van der Waals surface area contributed by atoms with Crippen LogP contribution in [0.2, 0.25) is 0 Å². The molecule has 1 aromatic carbocycles. The van der Waals surface area contributed by atoms with Gasteiger partial charge in [0.1, 0.15) is 5.82 Å². The number of hydrogen-bond acceptors (Lipinski definition) is 3. The van der Waals surface area contributed by atoms with Crippen LogP contribution in [0.25, 0.3) is 5.69 Å². The summed E-state index contributed by atoms with van der Waals surface area (Å²) >= 11 is 0. The molecule has 22 heavy (non-hydrogen) atoms. The molecule has 1 atom stereocenters. The van der Waals surface area contributed by atoms with Crippen LogP contribution < -0.4 is 5.73 Å². The predicted molar refractivity (Wildman–Crippen MR) is 83.9 cm³/mol. The van der Waals surface area contributed by atoms with Crippen molar-refractivity contribution >= 4 is 18.3 Å². The van der Waals surface area contributed by atoms with Gasteiger partial charge in [0.25, 0.3) is 5.91 Å². The molecule has 1 saturated heterocycles. The number of likely N-dealkylation sites (tertiary alicyclic amines) is 1. The van der Waals surface area contributed by atoms with Crippen molar-refractivity contribution in [3.05, 3.63) is 48.0 Å². The Morgan fingerprint density at radius 2 is 2.00 bits per heavy atom. The summed E-state index contributed by atoms with van der Waals surface area (Å²) in [7, 11) is 0. The smallest absolute Gasteiger partial charge is 0.274 e. The highest BCUT2D eigenvalue weighted by atomic mass is 35.5. The van der Waals surface area contributed by atoms with Crippen molar-refractivity contribution in [3.63, 3.8) is 0 Å². The van der Waals surface area contributed by atoms with E-state index < -0.39 is 0 Å². The van der Waals surface area contributed by atoms with Gasteiger partial charge in [-0.05, 0) is 43.2 Å². The lowest BCUT2D eigenvalue weighted by Gasteiger charge is -2.30. The van der Waals surface area contributed by atoms with Crippen molar-refractivity contribution in [2.45, 2.75) is 18.9 Å². The number of nitrogens with two attached hydrogens (primary N) is 1. The third kappa shape index (κ3) is 3.45. The normalized spacial score (nSPS) is 17.9. The number of rotatable bonds is 2. The van der Waals surface area contributed by atoms with E-state index in [0.29, 0.717) is 17.9 Å². The summed E-state index contributed by atoms with van der Waals surface area (Å²) in [5.74, 6) is -0.407. The van der Waals surface area contributed by atoms with E-state index in [1.165, 1.54) is 12.1 Å². The molecule has 1 aromatic heterocycles. The first kappa shape index (κ1) is 16.5. The Bertz CT molecular complexity index is 643. The average Bonchev–Trinajstić information content (AvgIpc) is 2.97. The minimum absolute atomic E-state index is 0. The first-order valence-corrected chi connectivity index (χ1v) is 7.00. The number of nitrogens with zero attached hydrogens (tertiary/aromatic N) is 3. The summed E-state index contributed by atoms with van der Waals surface area (Å²) in [6.45, 7) is 1.29. The summed E-state index contributed by atoms with van der Waals surface area (Å²) in [5.41, 5.74) is 6.99. The van der Waals surface area contributed by atoms with Gasteiger partial charge < -0.3 is 10.6 Å². The molecule has 2 heterocycles. The number of piperidine rings is 1. The first-order chi connectivity index (χ1) is 10.1. The molecular formula is C15H18ClFN4O. The molecule has 1 fully saturated rings. The zero-order chi connectivity index (χ0) is 14.8. The fourth-order valence-electron chi connectivity index (χ4n) is 2.53. The maximum atomic E-state index is 12.9. The van der Waals surface area contributed by atoms with Crippen LogP contribution in [-0.4, -0.2) is 39.7 Å². The van der Waals surface area contributed by atoms with E-state index in [2.05, 4.69) is 5.10 Å². The van der Waals surface area contributed by atoms with E-state index in [0.717, 1.165) is 19.4 Å². The van der Waals surface area contributed by atoms with Crippen LogP contribution in [0, 0.1) is 5.82 Å². The average molecular weight is 325 g/mol. The maximum absolute atomic E-state index is 12.9. The van der Waals surface area contributed by atoms with Gasteiger partial charge in [-0.15, -0.1) is 12.4 Å². The molecule has 5 nitrogen and oxygen atoms in total. The minimum atomic E-state index is -0.301. The number of halogens is 2. The van der Waals surface area contributed by atoms with Gasteiger partial charge in [0.05, 0.1) is 5.69 Å². The summed E-state index contributed by atoms with van der Waals surface area (Å²) in [6, 6.07) is 7.68. The summed E-state index contributed by atoms with van der Waals surface area (Å²) < 4.78 is 14.5. The maximum Gasteiger partial charge on any atom is 0.274 e. The van der Waals surface area contributed by atoms with Gasteiger partial charge in [-0.3, -0.25) is 4.79 Å². The van der Waals surface area contributed by atoms with E-state index in [1.54, 1.807) is 34.0 Å². The Morgan fingerprint density at radius 3 is 2.68 bits per heavy atom. The molecule has 0 spiro atoms. The SMILES string of the molecule is Cl.NC1CCCN(C(=O)c2ccn(-c3ccc(F)cc3)n2)C1. The molecule has 0 bridgehead atoms. The van der Waals surface area contributed by atoms with E-state index in [1.807, 2.05) is 0 Å². The Balaban J connectivity index is 0.00000176. The number of benzene rings is 1. The van der Waals surface area contributed by atoms with Crippen LogP contribution in [0.3, 0.4) is 0 Å². The zero-order valence-electron chi connectivity index (χ0n) is 12.0. The van der Waals surface area contributed by atoms with E-state index in [4.69, 9.17) is 5.73 Å². The fraction of sp³-hybridized carbons (Fsp3) is 0.333. The molecule has 118 valence electrons. The van der Waals surface area contributed by atoms with Crippen molar-refractivity contribution in [2.24, 2.45) is 5.73 Å². The fourth-order valence-corrected chi connectivity index (χ4v) is 2.53. The summed E-state index contributed by atoms with van der Waals surface area (Å²) in [6.07, 6.45) is 3.57. The first-order valence-electron chi connectivity index (χ1n) is 7.00. The molecule has 0 saturated carbocycles. The van der Waals surface area contributed by atoms with Crippen LogP contribution >= 0.6 is 12.4 Å². The van der Waals surface area contributed by atoms with Crippen LogP contribution in [0.1, 0.15) is 23.3 Å². The molecule has 3 rings (SSSR count). The second-order valence-electron chi connectivity index (χ2n) is 5.28. The summed E-state index contributed by atoms with van der Waals surface area (Å²) in [5, 5.41) is 4.27. The highest BCUT2D eigenvalue weighted by Crippen LogP contribution is 2.13. The van der Waals surface area contributed by atoms with Crippen LogP contribution in [0.4, 0.5) is 4.39 Å². The lowest BCUT2D eigenvalue weighted by Crippen LogP contribution is -2.45. The van der Waals surface area contributed by atoms with Crippen LogP contribution in [-0.2, 0) is 0 Å². The van der Waals surface area contributed by atoms with Crippen LogP contribution in [0.5, 0.6) is 0 Å². The van der Waals surface area contributed by atoms with Gasteiger partial charge in [0, 0.05) is 25.3 Å². The molecular weight excluding hydrogens is 307 g/mol. The van der Waals surface area contributed by atoms with Crippen molar-refractivity contribution in [2.75, 3.05) is 13.1 Å². The minimum Gasteiger partial charge on any atom is -0.336 e. The van der Waals surface area contributed by atoms with Crippen molar-refractivity contribution in [3.8, 4) is 5.69 Å². The van der Waals surface area contributed by atoms with Crippen molar-refractivity contribution in [1.82, 2.24) is 14.7 Å². The topological polar surface area (TPSA) is 64.2 Å². The zero-order valence-corrected chi connectivity index (χ0v) is 12.8. The van der Waals surface area contributed by atoms with Gasteiger partial charge in [0.15, 0.2) is 5.69 Å². The summed E-state index contributed by atoms with van der Waals surface area (Å²) in [4.78, 5) is 14.1. The Labute approximate surface area is 134 Å². The second-order valence-corrected chi connectivity index (χ2v) is 5.28. The molecule has 7 heteroatoms. The Morgan fingerprint density at radius 1 is 1.27 bits per heavy atom. The van der Waals surface area contributed by atoms with Crippen molar-refractivity contribution < 1.29 is 9.18 Å². The molecule has 0 aliphatic carbocycles. The number of carbonyl (C=O) groups is 1. The van der Waals surface area contributed by atoms with Gasteiger partial charge in [0.2, 0.25) is 0 Å². The number of carbonyl (C=O) groups excluding carboxylic acids is 1. The third-order valence-electron chi connectivity index (χ3n) is 3.64. The van der Waals surface area contributed by atoms with E-state index >= 15 is 0 Å². The molecule has 1 amide bonds. The monoisotopic (exact) mass is 324 g/mol. The predicted octanol–water partition coefficient (Wildman–Crippen LogP) is 2.00. The molecule has 0 radical (unpaired) electrons. The van der Waals surface area contributed by atoms with E-state index in [-0.39, 0.29) is 30.2 Å². The quantitative estimate of drug-likeness (QED) is 0.919. The molecule has 1 aliphatic heterocycles. The van der Waals surface area contributed by atoms with E-state index in [9.17, 15) is 9.18 Å². The number of hydrogen-bond donors (Lipinski definition) is 1. The lowest BCUT2D eigenvalue weighted by molar-refractivity contribution is 0.0702. The second kappa shape index (κ2) is 6.89. The van der Waals surface area contributed by atoms with Gasteiger partial charge in [-0.2, -0.15) is 5.10 Å². The van der Waals surface area contributed by atoms with Crippen molar-refractivity contribution in [1.29, 1.82) is 0 Å². The molecule has 1 unspecified atom stereocenters. The highest BCUT2D eigenvalue weighted by Gasteiger charge is 2.23. The number of aromatic nitrogens is 2. The van der Waals surface area contributed by atoms with Gasteiger partial charge >= 0.3 is 0 Å². The lowest BCUT2D eigenvalue weighted by atomic mass is 10.1. The van der Waals surface area contributed by atoms with Crippen LogP contribution in [0.15, 0.2) is 36.5 Å². The Hall–Kier alpha value is -1.92. The van der Waals surface area contributed by atoms with Gasteiger partial charge in [-0.1, -0.05) is 0 Å². The highest BCUT2D eigenvalue weighted by molar-refractivity contribution is 5.92. The Kier molecular flexibility index (Phi) is 5.15. The molecule has 2 N–H and O–H groups in total.